The first-order valence-corrected chi connectivity index (χ1v) is 12.6. The van der Waals surface area contributed by atoms with Gasteiger partial charge in [0.1, 0.15) is 18.1 Å². The van der Waals surface area contributed by atoms with Crippen molar-refractivity contribution in [1.82, 2.24) is 20.9 Å². The van der Waals surface area contributed by atoms with Gasteiger partial charge in [-0.15, -0.1) is 0 Å². The Morgan fingerprint density at radius 3 is 2.43 bits per heavy atom. The van der Waals surface area contributed by atoms with Gasteiger partial charge in [0.15, 0.2) is 0 Å². The molecule has 0 aromatic carbocycles. The van der Waals surface area contributed by atoms with E-state index >= 15 is 0 Å². The first-order chi connectivity index (χ1) is 17.2. The lowest BCUT2D eigenvalue weighted by atomic mass is 9.81. The van der Waals surface area contributed by atoms with E-state index in [1.807, 2.05) is 17.5 Å². The van der Waals surface area contributed by atoms with E-state index in [0.717, 1.165) is 6.42 Å². The Hall–Kier alpha value is -3.10. The molecular formula is C25H32F3N5O4. The first-order valence-electron chi connectivity index (χ1n) is 12.6. The molecule has 2 bridgehead atoms. The number of likely N-dealkylation sites (tertiary alicyclic amines) is 1. The highest BCUT2D eigenvalue weighted by atomic mass is 19.4. The van der Waals surface area contributed by atoms with Crippen LogP contribution in [0.4, 0.5) is 13.2 Å². The van der Waals surface area contributed by atoms with Gasteiger partial charge in [-0.2, -0.15) is 18.4 Å². The second-order valence-electron chi connectivity index (χ2n) is 11.6. The summed E-state index contributed by atoms with van der Waals surface area (Å²) in [6.45, 7) is 5.30. The van der Waals surface area contributed by atoms with Crippen LogP contribution in [0.2, 0.25) is 0 Å². The Labute approximate surface area is 213 Å². The number of nitrogens with zero attached hydrogens (tertiary/aromatic N) is 2. The summed E-state index contributed by atoms with van der Waals surface area (Å²) >= 11 is 0. The average molecular weight is 524 g/mol. The Kier molecular flexibility index (Phi) is 7.03. The summed E-state index contributed by atoms with van der Waals surface area (Å²) in [5, 5.41) is 16.9. The largest absolute Gasteiger partial charge is 0.471 e. The molecule has 37 heavy (non-hydrogen) atoms. The fourth-order valence-corrected chi connectivity index (χ4v) is 6.36. The number of carbonyl (C=O) groups excluding carboxylic acids is 4. The van der Waals surface area contributed by atoms with Crippen molar-refractivity contribution in [3.8, 4) is 6.07 Å². The van der Waals surface area contributed by atoms with Crippen LogP contribution in [0.3, 0.4) is 0 Å². The number of hydrogen-bond donors (Lipinski definition) is 3. The van der Waals surface area contributed by atoms with Gasteiger partial charge in [-0.1, -0.05) is 32.9 Å². The third-order valence-electron chi connectivity index (χ3n) is 8.15. The molecule has 0 aromatic rings. The summed E-state index contributed by atoms with van der Waals surface area (Å²) in [4.78, 5) is 52.4. The van der Waals surface area contributed by atoms with E-state index in [1.54, 1.807) is 20.8 Å². The summed E-state index contributed by atoms with van der Waals surface area (Å²) in [6.07, 6.45) is 0.402. The maximum absolute atomic E-state index is 13.7. The number of alkyl halides is 3. The molecule has 0 spiro atoms. The minimum Gasteiger partial charge on any atom is -0.356 e. The maximum Gasteiger partial charge on any atom is 0.471 e. The van der Waals surface area contributed by atoms with Crippen molar-refractivity contribution in [1.29, 1.82) is 5.26 Å². The zero-order valence-corrected chi connectivity index (χ0v) is 21.0. The van der Waals surface area contributed by atoms with Gasteiger partial charge in [0.05, 0.1) is 6.07 Å². The molecule has 1 saturated carbocycles. The number of amides is 4. The number of rotatable bonds is 6. The van der Waals surface area contributed by atoms with Gasteiger partial charge in [0.25, 0.3) is 0 Å². The van der Waals surface area contributed by atoms with E-state index in [9.17, 15) is 37.6 Å². The van der Waals surface area contributed by atoms with E-state index in [0.29, 0.717) is 13.0 Å². The van der Waals surface area contributed by atoms with E-state index in [-0.39, 0.29) is 42.5 Å². The topological polar surface area (TPSA) is 131 Å². The van der Waals surface area contributed by atoms with Gasteiger partial charge in [-0.3, -0.25) is 19.2 Å². The highest BCUT2D eigenvalue weighted by Gasteiger charge is 2.59. The monoisotopic (exact) mass is 523 g/mol. The van der Waals surface area contributed by atoms with Crippen molar-refractivity contribution in [2.75, 3.05) is 13.1 Å². The fraction of sp³-hybridized carbons (Fsp3) is 0.720. The number of nitriles is 1. The van der Waals surface area contributed by atoms with Gasteiger partial charge in [-0.05, 0) is 48.3 Å². The van der Waals surface area contributed by atoms with Crippen molar-refractivity contribution in [3.05, 3.63) is 12.2 Å². The van der Waals surface area contributed by atoms with Crippen molar-refractivity contribution in [2.45, 2.75) is 64.3 Å². The number of allylic oxidation sites excluding steroid dienone is 2. The SMILES string of the molecule is CC(C)(C)[C@H](NC(=O)C(F)(F)F)C(=O)N1C[C@H]2[C@H]([C@@H]3C=C[C@H]2C3)[C@H]1C(=O)N[C@H](C#N)C[C@@H]1CCNC1=O. The van der Waals surface area contributed by atoms with Crippen LogP contribution in [0.25, 0.3) is 0 Å². The molecular weight excluding hydrogens is 491 g/mol. The fourth-order valence-electron chi connectivity index (χ4n) is 6.36. The lowest BCUT2D eigenvalue weighted by molar-refractivity contribution is -0.176. The third kappa shape index (κ3) is 5.18. The second-order valence-corrected chi connectivity index (χ2v) is 11.6. The molecule has 3 N–H and O–H groups in total. The molecule has 0 unspecified atom stereocenters. The van der Waals surface area contributed by atoms with Crippen molar-refractivity contribution >= 4 is 23.6 Å². The lowest BCUT2D eigenvalue weighted by Crippen LogP contribution is -2.60. The zero-order valence-electron chi connectivity index (χ0n) is 21.0. The Morgan fingerprint density at radius 2 is 1.86 bits per heavy atom. The quantitative estimate of drug-likeness (QED) is 0.451. The van der Waals surface area contributed by atoms with Crippen molar-refractivity contribution < 1.29 is 32.3 Å². The summed E-state index contributed by atoms with van der Waals surface area (Å²) in [5.74, 6) is -4.25. The third-order valence-corrected chi connectivity index (χ3v) is 8.15. The van der Waals surface area contributed by atoms with Crippen LogP contribution in [0.15, 0.2) is 12.2 Å². The summed E-state index contributed by atoms with van der Waals surface area (Å²) < 4.78 is 39.2. The average Bonchev–Trinajstić information content (AvgIpc) is 3.57. The first kappa shape index (κ1) is 26.9. The van der Waals surface area contributed by atoms with Gasteiger partial charge < -0.3 is 20.9 Å². The molecule has 2 saturated heterocycles. The van der Waals surface area contributed by atoms with Gasteiger partial charge in [-0.25, -0.2) is 0 Å². The Balaban J connectivity index is 1.58. The molecule has 2 aliphatic heterocycles. The molecule has 0 radical (unpaired) electrons. The van der Waals surface area contributed by atoms with Crippen molar-refractivity contribution in [2.24, 2.45) is 35.0 Å². The van der Waals surface area contributed by atoms with Gasteiger partial charge in [0, 0.05) is 19.0 Å². The predicted molar refractivity (Wildman–Crippen MR) is 124 cm³/mol. The number of hydrogen-bond acceptors (Lipinski definition) is 5. The Morgan fingerprint density at radius 1 is 1.19 bits per heavy atom. The number of nitrogens with one attached hydrogen (secondary N) is 3. The molecule has 12 heteroatoms. The normalized spacial score (nSPS) is 31.9. The van der Waals surface area contributed by atoms with Gasteiger partial charge >= 0.3 is 12.1 Å². The van der Waals surface area contributed by atoms with Crippen LogP contribution in [-0.4, -0.2) is 65.9 Å². The molecule has 2 heterocycles. The maximum atomic E-state index is 13.7. The van der Waals surface area contributed by atoms with E-state index in [4.69, 9.17) is 0 Å². The smallest absolute Gasteiger partial charge is 0.356 e. The van der Waals surface area contributed by atoms with E-state index in [2.05, 4.69) is 16.7 Å². The van der Waals surface area contributed by atoms with Crippen LogP contribution in [0.1, 0.15) is 40.0 Å². The molecule has 0 aromatic heterocycles. The Bertz CT molecular complexity index is 1050. The van der Waals surface area contributed by atoms with Crippen LogP contribution >= 0.6 is 0 Å². The molecule has 3 fully saturated rings. The molecule has 9 nitrogen and oxygen atoms in total. The minimum absolute atomic E-state index is 0.0301. The lowest BCUT2D eigenvalue weighted by Gasteiger charge is -2.37. The van der Waals surface area contributed by atoms with Crippen LogP contribution in [0, 0.1) is 46.3 Å². The molecule has 8 atom stereocenters. The minimum atomic E-state index is -5.17. The van der Waals surface area contributed by atoms with Crippen LogP contribution in [-0.2, 0) is 19.2 Å². The van der Waals surface area contributed by atoms with Crippen LogP contribution in [0.5, 0.6) is 0 Å². The molecule has 4 rings (SSSR count). The second kappa shape index (κ2) is 9.65. The highest BCUT2D eigenvalue weighted by molar-refractivity contribution is 5.94. The number of carbonyl (C=O) groups is 4. The summed E-state index contributed by atoms with van der Waals surface area (Å²) in [5.41, 5.74) is -1.07. The number of fused-ring (bicyclic) bond motifs is 5. The highest BCUT2D eigenvalue weighted by Crippen LogP contribution is 2.54. The molecule has 2 aliphatic carbocycles. The van der Waals surface area contributed by atoms with E-state index < -0.39 is 53.4 Å². The standard InChI is InChI=1S/C25H32F3N5O4/c1-24(2,3)19(32-23(37)25(26,27)28)22(36)33-11-16-12-4-5-13(8-12)17(16)18(33)21(35)31-15(10-29)9-14-6-7-30-20(14)34/h4-5,12-19H,6-9,11H2,1-3H3,(H,30,34)(H,31,35)(H,32,37)/t12-,13+,14-,15-,16+,17-,18-,19+/m0/s1. The zero-order chi connectivity index (χ0) is 27.3. The number of halogens is 3. The van der Waals surface area contributed by atoms with Crippen molar-refractivity contribution in [3.63, 3.8) is 0 Å². The summed E-state index contributed by atoms with van der Waals surface area (Å²) in [7, 11) is 0. The molecule has 4 aliphatic rings. The van der Waals surface area contributed by atoms with Crippen LogP contribution < -0.4 is 16.0 Å². The van der Waals surface area contributed by atoms with E-state index in [1.165, 1.54) is 4.90 Å². The molecule has 202 valence electrons. The van der Waals surface area contributed by atoms with Gasteiger partial charge in [0.2, 0.25) is 17.7 Å². The predicted octanol–water partition coefficient (Wildman–Crippen LogP) is 1.26. The molecule has 4 amide bonds. The summed E-state index contributed by atoms with van der Waals surface area (Å²) in [6, 6.07) is -1.46.